The van der Waals surface area contributed by atoms with Crippen molar-refractivity contribution in [2.45, 2.75) is 0 Å². The number of nitrogens with zero attached hydrogens (tertiary/aromatic N) is 3. The molecule has 4 nitrogen and oxygen atoms in total. The highest BCUT2D eigenvalue weighted by Gasteiger charge is 1.96. The van der Waals surface area contributed by atoms with Crippen molar-refractivity contribution in [3.8, 4) is 0 Å². The molecule has 0 bridgehead atoms. The van der Waals surface area contributed by atoms with Gasteiger partial charge < -0.3 is 0 Å². The van der Waals surface area contributed by atoms with Gasteiger partial charge in [-0.2, -0.15) is 0 Å². The van der Waals surface area contributed by atoms with E-state index in [2.05, 4.69) is 10.2 Å². The van der Waals surface area contributed by atoms with Gasteiger partial charge in [0.15, 0.2) is 0 Å². The maximum atomic E-state index is 6.89. The first-order valence-corrected chi connectivity index (χ1v) is 3.22. The maximum Gasteiger partial charge on any atom is 0.129 e. The molecule has 0 amide bonds. The monoisotopic (exact) mass is 146 g/mol. The third-order valence-corrected chi connectivity index (χ3v) is 1.42. The van der Waals surface area contributed by atoms with Gasteiger partial charge in [-0.05, 0) is 12.1 Å². The van der Waals surface area contributed by atoms with Crippen molar-refractivity contribution in [2.75, 3.05) is 0 Å². The van der Waals surface area contributed by atoms with Crippen molar-refractivity contribution in [3.63, 3.8) is 0 Å². The van der Waals surface area contributed by atoms with Crippen molar-refractivity contribution in [3.05, 3.63) is 24.3 Å². The maximum absolute atomic E-state index is 6.89. The van der Waals surface area contributed by atoms with Crippen LogP contribution in [0.15, 0.2) is 24.3 Å². The average Bonchev–Trinajstić information content (AvgIpc) is 2.46. The second-order valence-electron chi connectivity index (χ2n) is 2.14. The van der Waals surface area contributed by atoms with Gasteiger partial charge in [-0.1, -0.05) is 12.1 Å². The molecule has 0 aliphatic carbocycles. The molecule has 54 valence electrons. The lowest BCUT2D eigenvalue weighted by molar-refractivity contribution is 0.827. The Morgan fingerprint density at radius 3 is 2.18 bits per heavy atom. The minimum Gasteiger partial charge on any atom is -0.288 e. The second kappa shape index (κ2) is 2.16. The average molecular weight is 146 g/mol. The smallest absolute Gasteiger partial charge is 0.129 e. The minimum absolute atomic E-state index is 0.816. The van der Waals surface area contributed by atoms with E-state index in [4.69, 9.17) is 5.41 Å². The summed E-state index contributed by atoms with van der Waals surface area (Å²) in [5.74, 6) is 0. The Kier molecular flexibility index (Phi) is 1.18. The van der Waals surface area contributed by atoms with Crippen LogP contribution in [0.2, 0.25) is 0 Å². The van der Waals surface area contributed by atoms with Crippen LogP contribution >= 0.6 is 0 Å². The zero-order chi connectivity index (χ0) is 7.68. The van der Waals surface area contributed by atoms with Gasteiger partial charge in [0.25, 0.3) is 0 Å². The molecule has 4 heteroatoms. The molecule has 1 aromatic carbocycles. The van der Waals surface area contributed by atoms with Crippen LogP contribution in [0.1, 0.15) is 0 Å². The van der Waals surface area contributed by atoms with Crippen LogP contribution in [0.4, 0.5) is 0 Å². The van der Waals surface area contributed by atoms with Gasteiger partial charge in [0, 0.05) is 0 Å². The van der Waals surface area contributed by atoms with E-state index in [9.17, 15) is 0 Å². The topological polar surface area (TPSA) is 54.6 Å². The first-order valence-electron chi connectivity index (χ1n) is 3.22. The van der Waals surface area contributed by atoms with Crippen LogP contribution < -0.4 is 0 Å². The molecule has 2 rings (SSSR count). The summed E-state index contributed by atoms with van der Waals surface area (Å²) in [7, 11) is 0. The van der Waals surface area contributed by atoms with Gasteiger partial charge in [0.1, 0.15) is 17.4 Å². The predicted molar refractivity (Wildman–Crippen MR) is 41.7 cm³/mol. The van der Waals surface area contributed by atoms with Crippen LogP contribution in [0.5, 0.6) is 0 Å². The van der Waals surface area contributed by atoms with Crippen molar-refractivity contribution in [2.24, 2.45) is 0 Å². The van der Waals surface area contributed by atoms with Crippen LogP contribution in [0.3, 0.4) is 0 Å². The molecule has 0 spiro atoms. The van der Waals surface area contributed by atoms with Crippen molar-refractivity contribution < 1.29 is 0 Å². The molecular weight excluding hydrogens is 140 g/mol. The fraction of sp³-hybridized carbons (Fsp3) is 0. The van der Waals surface area contributed by atoms with Gasteiger partial charge in [0.2, 0.25) is 0 Å². The van der Waals surface area contributed by atoms with Gasteiger partial charge in [-0.3, -0.25) is 5.41 Å². The Hall–Kier alpha value is -1.71. The normalized spacial score (nSPS) is 10.2. The summed E-state index contributed by atoms with van der Waals surface area (Å²) in [5, 5.41) is 14.9. The van der Waals surface area contributed by atoms with E-state index in [1.54, 1.807) is 0 Å². The second-order valence-corrected chi connectivity index (χ2v) is 2.14. The minimum atomic E-state index is 0.816. The largest absolute Gasteiger partial charge is 0.288 e. The lowest BCUT2D eigenvalue weighted by Gasteiger charge is -1.78. The zero-order valence-electron chi connectivity index (χ0n) is 5.73. The van der Waals surface area contributed by atoms with Gasteiger partial charge in [-0.15, -0.1) is 15.0 Å². The molecular formula is C7H6N4. The molecule has 0 saturated heterocycles. The van der Waals surface area contributed by atoms with E-state index in [1.807, 2.05) is 24.3 Å². The van der Waals surface area contributed by atoms with Gasteiger partial charge in [-0.25, -0.2) is 0 Å². The van der Waals surface area contributed by atoms with E-state index in [0.717, 1.165) is 17.4 Å². The Bertz CT molecular complexity index is 357. The fourth-order valence-corrected chi connectivity index (χ4v) is 0.934. The first kappa shape index (κ1) is 6.03. The molecule has 1 N–H and O–H groups in total. The molecule has 0 aliphatic rings. The number of rotatable bonds is 1. The Morgan fingerprint density at radius 1 is 1.18 bits per heavy atom. The summed E-state index contributed by atoms with van der Waals surface area (Å²) >= 11 is 0. The van der Waals surface area contributed by atoms with E-state index >= 15 is 0 Å². The molecule has 1 aromatic heterocycles. The SMILES string of the molecule is N=Cn1nc2ccccc2n1. The summed E-state index contributed by atoms with van der Waals surface area (Å²) < 4.78 is 0. The molecule has 0 fully saturated rings. The molecule has 0 unspecified atom stereocenters. The van der Waals surface area contributed by atoms with E-state index in [0.29, 0.717) is 0 Å². The fourth-order valence-electron chi connectivity index (χ4n) is 0.934. The molecule has 0 saturated carbocycles. The summed E-state index contributed by atoms with van der Waals surface area (Å²) in [4.78, 5) is 1.24. The van der Waals surface area contributed by atoms with Crippen LogP contribution in [-0.4, -0.2) is 21.3 Å². The molecule has 1 heterocycles. The van der Waals surface area contributed by atoms with E-state index in [-0.39, 0.29) is 0 Å². The lowest BCUT2D eigenvalue weighted by atomic mass is 10.3. The number of fused-ring (bicyclic) bond motifs is 1. The van der Waals surface area contributed by atoms with Crippen molar-refractivity contribution in [1.82, 2.24) is 15.0 Å². The summed E-state index contributed by atoms with van der Waals surface area (Å²) in [5.41, 5.74) is 1.63. The first-order chi connectivity index (χ1) is 5.40. The summed E-state index contributed by atoms with van der Waals surface area (Å²) in [6, 6.07) is 7.52. The number of benzene rings is 1. The number of hydrogen-bond acceptors (Lipinski definition) is 3. The Labute approximate surface area is 63.0 Å². The standard InChI is InChI=1S/C7H6N4/c8-5-11-9-6-3-1-2-4-7(6)10-11/h1-5,8H. The Morgan fingerprint density at radius 2 is 1.73 bits per heavy atom. The predicted octanol–water partition coefficient (Wildman–Crippen LogP) is 0.886. The Balaban J connectivity index is 2.78. The highest BCUT2D eigenvalue weighted by molar-refractivity contribution is 5.74. The summed E-state index contributed by atoms with van der Waals surface area (Å²) in [6.45, 7) is 0. The molecule has 2 aromatic rings. The molecule has 11 heavy (non-hydrogen) atoms. The molecule has 0 atom stereocenters. The van der Waals surface area contributed by atoms with Gasteiger partial charge >= 0.3 is 0 Å². The lowest BCUT2D eigenvalue weighted by Crippen LogP contribution is -1.97. The number of hydrogen-bond donors (Lipinski definition) is 1. The third kappa shape index (κ3) is 0.881. The quantitative estimate of drug-likeness (QED) is 0.479. The van der Waals surface area contributed by atoms with Crippen molar-refractivity contribution in [1.29, 1.82) is 5.41 Å². The van der Waals surface area contributed by atoms with Crippen molar-refractivity contribution >= 4 is 17.4 Å². The molecule has 0 radical (unpaired) electrons. The number of aromatic nitrogens is 3. The zero-order valence-corrected chi connectivity index (χ0v) is 5.73. The summed E-state index contributed by atoms with van der Waals surface area (Å²) in [6.07, 6.45) is 1.07. The highest BCUT2D eigenvalue weighted by atomic mass is 15.5. The number of nitrogens with one attached hydrogen (secondary N) is 1. The van der Waals surface area contributed by atoms with Crippen LogP contribution in [0, 0.1) is 5.41 Å². The molecule has 0 aliphatic heterocycles. The van der Waals surface area contributed by atoms with E-state index in [1.165, 1.54) is 4.80 Å². The highest BCUT2D eigenvalue weighted by Crippen LogP contribution is 2.05. The van der Waals surface area contributed by atoms with Gasteiger partial charge in [0.05, 0.1) is 0 Å². The van der Waals surface area contributed by atoms with Crippen LogP contribution in [0.25, 0.3) is 11.0 Å². The van der Waals surface area contributed by atoms with Crippen LogP contribution in [-0.2, 0) is 0 Å². The third-order valence-electron chi connectivity index (χ3n) is 1.42. The van der Waals surface area contributed by atoms with E-state index < -0.39 is 0 Å².